The van der Waals surface area contributed by atoms with Crippen LogP contribution in [0, 0.1) is 57.1 Å². The summed E-state index contributed by atoms with van der Waals surface area (Å²) in [6.07, 6.45) is -0.0119. The van der Waals surface area contributed by atoms with Gasteiger partial charge in [-0.2, -0.15) is 34.2 Å². The van der Waals surface area contributed by atoms with Crippen LogP contribution in [0.15, 0.2) is 83.7 Å². The highest BCUT2D eigenvalue weighted by molar-refractivity contribution is 6.06. The minimum absolute atomic E-state index is 0.00601. The SMILES string of the molecule is N#CC(C#N)=C1c2cc(-c3ccc(F)c(C(F)(F)F)c3)ccc2-c2cc3c(cc21)C(=C(C#N)C#N)C1C=C(O)C=CC31. The Morgan fingerprint density at radius 2 is 1.36 bits per heavy atom. The Morgan fingerprint density at radius 3 is 2.02 bits per heavy atom. The van der Waals surface area contributed by atoms with E-state index in [0.717, 1.165) is 11.6 Å². The number of nitriles is 4. The van der Waals surface area contributed by atoms with Gasteiger partial charge in [0.25, 0.3) is 0 Å². The third-order valence-electron chi connectivity index (χ3n) is 7.80. The van der Waals surface area contributed by atoms with Gasteiger partial charge in [0.1, 0.15) is 47.0 Å². The molecule has 3 aliphatic rings. The third-order valence-corrected chi connectivity index (χ3v) is 7.80. The minimum Gasteiger partial charge on any atom is -0.508 e. The number of hydrogen-bond donors (Lipinski definition) is 1. The van der Waals surface area contributed by atoms with E-state index in [9.17, 15) is 43.7 Å². The summed E-state index contributed by atoms with van der Waals surface area (Å²) in [6, 6.07) is 18.7. The van der Waals surface area contributed by atoms with Crippen LogP contribution in [-0.4, -0.2) is 5.11 Å². The van der Waals surface area contributed by atoms with Crippen molar-refractivity contribution in [2.75, 3.05) is 0 Å². The Labute approximate surface area is 236 Å². The van der Waals surface area contributed by atoms with Gasteiger partial charge in [-0.05, 0) is 92.6 Å². The molecule has 1 N–H and O–H groups in total. The van der Waals surface area contributed by atoms with Gasteiger partial charge in [0.15, 0.2) is 0 Å². The van der Waals surface area contributed by atoms with Crippen molar-refractivity contribution in [1.29, 1.82) is 21.0 Å². The van der Waals surface area contributed by atoms with Gasteiger partial charge in [-0.1, -0.05) is 24.3 Å². The molecule has 3 aliphatic carbocycles. The molecule has 0 saturated heterocycles. The monoisotopic (exact) mass is 558 g/mol. The number of aliphatic hydroxyl groups excluding tert-OH is 1. The summed E-state index contributed by atoms with van der Waals surface area (Å²) in [5.74, 6) is -2.19. The molecule has 6 rings (SSSR count). The fourth-order valence-corrected chi connectivity index (χ4v) is 6.05. The van der Waals surface area contributed by atoms with Crippen molar-refractivity contribution < 1.29 is 22.7 Å². The second-order valence-electron chi connectivity index (χ2n) is 9.93. The number of alkyl halides is 3. The highest BCUT2D eigenvalue weighted by Crippen LogP contribution is 2.56. The number of nitrogens with zero attached hydrogens (tertiary/aromatic N) is 4. The molecule has 0 heterocycles. The molecule has 200 valence electrons. The minimum atomic E-state index is -4.90. The lowest BCUT2D eigenvalue weighted by atomic mass is 9.85. The second-order valence-corrected chi connectivity index (χ2v) is 9.93. The molecular weight excluding hydrogens is 544 g/mol. The van der Waals surface area contributed by atoms with Crippen molar-refractivity contribution in [1.82, 2.24) is 0 Å². The molecule has 0 aliphatic heterocycles. The van der Waals surface area contributed by atoms with Gasteiger partial charge in [-0.15, -0.1) is 0 Å². The summed E-state index contributed by atoms with van der Waals surface area (Å²) in [7, 11) is 0. The average molecular weight is 558 g/mol. The molecule has 3 aromatic carbocycles. The predicted molar refractivity (Wildman–Crippen MR) is 144 cm³/mol. The highest BCUT2D eigenvalue weighted by atomic mass is 19.4. The van der Waals surface area contributed by atoms with E-state index in [1.807, 2.05) is 30.3 Å². The van der Waals surface area contributed by atoms with Crippen LogP contribution in [0.5, 0.6) is 0 Å². The van der Waals surface area contributed by atoms with Crippen molar-refractivity contribution in [3.63, 3.8) is 0 Å². The zero-order chi connectivity index (χ0) is 29.9. The van der Waals surface area contributed by atoms with E-state index < -0.39 is 23.5 Å². The Kier molecular flexibility index (Phi) is 5.86. The molecule has 0 amide bonds. The number of rotatable bonds is 1. The van der Waals surface area contributed by atoms with Gasteiger partial charge < -0.3 is 5.11 Å². The normalized spacial score (nSPS) is 17.5. The van der Waals surface area contributed by atoms with E-state index in [0.29, 0.717) is 45.0 Å². The maximum Gasteiger partial charge on any atom is 0.419 e. The van der Waals surface area contributed by atoms with Gasteiger partial charge in [0.05, 0.1) is 5.56 Å². The molecule has 9 heteroatoms. The third kappa shape index (κ3) is 3.80. The Morgan fingerprint density at radius 1 is 0.714 bits per heavy atom. The van der Waals surface area contributed by atoms with Crippen molar-refractivity contribution in [3.05, 3.63) is 117 Å². The van der Waals surface area contributed by atoms with Crippen LogP contribution in [0.25, 0.3) is 33.4 Å². The van der Waals surface area contributed by atoms with E-state index in [4.69, 9.17) is 0 Å². The first-order valence-corrected chi connectivity index (χ1v) is 12.5. The largest absolute Gasteiger partial charge is 0.508 e. The van der Waals surface area contributed by atoms with Crippen LogP contribution >= 0.6 is 0 Å². The molecule has 0 radical (unpaired) electrons. The molecule has 0 saturated carbocycles. The lowest BCUT2D eigenvalue weighted by Crippen LogP contribution is -2.08. The first-order valence-electron chi connectivity index (χ1n) is 12.5. The molecule has 3 aromatic rings. The quantitative estimate of drug-likeness (QED) is 0.189. The number of fused-ring (bicyclic) bond motifs is 6. The van der Waals surface area contributed by atoms with Crippen molar-refractivity contribution in [2.45, 2.75) is 12.1 Å². The van der Waals surface area contributed by atoms with Gasteiger partial charge in [0.2, 0.25) is 0 Å². The molecule has 0 fully saturated rings. The molecule has 42 heavy (non-hydrogen) atoms. The van der Waals surface area contributed by atoms with E-state index >= 15 is 0 Å². The fourth-order valence-electron chi connectivity index (χ4n) is 6.05. The van der Waals surface area contributed by atoms with Gasteiger partial charge in [0, 0.05) is 17.4 Å². The molecule has 0 aromatic heterocycles. The van der Waals surface area contributed by atoms with Gasteiger partial charge in [-0.3, -0.25) is 0 Å². The Balaban J connectivity index is 1.61. The molecular formula is C33H14F4N4O. The summed E-state index contributed by atoms with van der Waals surface area (Å²) in [4.78, 5) is 0. The van der Waals surface area contributed by atoms with Crippen LogP contribution < -0.4 is 0 Å². The maximum atomic E-state index is 14.0. The standard InChI is InChI=1S/C33H14F4N4O/c34-30-6-2-17(8-29(30)33(35,36)37)16-1-4-21-23-10-24-22-5-3-20(42)9-26(22)32(19(14-40)15-41)28(24)11-27(23)31(25(21)7-16)18(12-38)13-39/h1-11,22,26,42H. The number of benzene rings is 3. The fraction of sp³-hybridized carbons (Fsp3) is 0.0909. The van der Waals surface area contributed by atoms with E-state index in [1.54, 1.807) is 36.4 Å². The van der Waals surface area contributed by atoms with E-state index in [-0.39, 0.29) is 34.0 Å². The van der Waals surface area contributed by atoms with Gasteiger partial charge >= 0.3 is 6.18 Å². The second kappa shape index (κ2) is 9.34. The molecule has 2 atom stereocenters. The molecule has 0 bridgehead atoms. The summed E-state index contributed by atoms with van der Waals surface area (Å²) >= 11 is 0. The van der Waals surface area contributed by atoms with Crippen molar-refractivity contribution in [3.8, 4) is 46.5 Å². The summed E-state index contributed by atoms with van der Waals surface area (Å²) in [5, 5.41) is 49.3. The summed E-state index contributed by atoms with van der Waals surface area (Å²) < 4.78 is 54.2. The van der Waals surface area contributed by atoms with E-state index in [1.165, 1.54) is 12.1 Å². The molecule has 5 nitrogen and oxygen atoms in total. The lowest BCUT2D eigenvalue weighted by Gasteiger charge is -2.18. The predicted octanol–water partition coefficient (Wildman–Crippen LogP) is 7.87. The average Bonchev–Trinajstić information content (AvgIpc) is 3.44. The van der Waals surface area contributed by atoms with Crippen LogP contribution in [0.1, 0.15) is 33.7 Å². The van der Waals surface area contributed by atoms with Crippen LogP contribution in [0.3, 0.4) is 0 Å². The van der Waals surface area contributed by atoms with Gasteiger partial charge in [-0.25, -0.2) is 4.39 Å². The highest BCUT2D eigenvalue weighted by Gasteiger charge is 2.40. The molecule has 2 unspecified atom stereocenters. The van der Waals surface area contributed by atoms with Crippen LogP contribution in [0.2, 0.25) is 0 Å². The Bertz CT molecular complexity index is 2020. The zero-order valence-electron chi connectivity index (χ0n) is 21.3. The number of aliphatic hydroxyl groups is 1. The Hall–Kier alpha value is -5.90. The zero-order valence-corrected chi connectivity index (χ0v) is 21.3. The van der Waals surface area contributed by atoms with Crippen molar-refractivity contribution >= 4 is 11.1 Å². The summed E-state index contributed by atoms with van der Waals surface area (Å²) in [6.45, 7) is 0. The lowest BCUT2D eigenvalue weighted by molar-refractivity contribution is -0.139. The van der Waals surface area contributed by atoms with Crippen molar-refractivity contribution in [2.24, 2.45) is 5.92 Å². The van der Waals surface area contributed by atoms with Crippen LogP contribution in [0.4, 0.5) is 17.6 Å². The van der Waals surface area contributed by atoms with E-state index in [2.05, 4.69) is 0 Å². The topological polar surface area (TPSA) is 115 Å². The smallest absolute Gasteiger partial charge is 0.419 e. The number of halogens is 4. The first-order chi connectivity index (χ1) is 20.1. The summed E-state index contributed by atoms with van der Waals surface area (Å²) in [5.41, 5.74) is 2.84. The maximum absolute atomic E-state index is 14.0. The number of hydrogen-bond acceptors (Lipinski definition) is 5. The van der Waals surface area contributed by atoms with Crippen LogP contribution in [-0.2, 0) is 6.18 Å². The molecule has 0 spiro atoms. The number of allylic oxidation sites excluding steroid dienone is 6. The first kappa shape index (κ1) is 26.3.